The molecule has 0 spiro atoms. The van der Waals surface area contributed by atoms with Crippen LogP contribution in [0.4, 0.5) is 0 Å². The standard InChI is InChI=1S/C45H25N3O2S/c1-2-10-26(11-3-1)43-46-44(27-20-22-30-29-12-4-6-18-37(29)49-38(30)24-27)48-45(47-43)28-21-23-31-33-14-8-15-34(41(33)50-39(31)25-28)36-17-9-16-35-32-13-5-7-19-40(32)51-42(35)36/h1-25H/i8D,14D,15D,21D,23D,25D. The van der Waals surface area contributed by atoms with Crippen molar-refractivity contribution in [2.75, 3.05) is 0 Å². The van der Waals surface area contributed by atoms with Crippen LogP contribution in [0.2, 0.25) is 0 Å². The second kappa shape index (κ2) is 10.9. The predicted molar refractivity (Wildman–Crippen MR) is 209 cm³/mol. The molecular weight excluding hydrogens is 647 g/mol. The molecule has 4 heterocycles. The number of fused-ring (bicyclic) bond motifs is 9. The van der Waals surface area contributed by atoms with Gasteiger partial charge in [0.1, 0.15) is 22.3 Å². The van der Waals surface area contributed by atoms with Gasteiger partial charge in [0.05, 0.1) is 8.22 Å². The van der Waals surface area contributed by atoms with Crippen molar-refractivity contribution in [3.63, 3.8) is 0 Å². The fourth-order valence-corrected chi connectivity index (χ4v) is 8.08. The molecule has 11 rings (SSSR count). The van der Waals surface area contributed by atoms with E-state index in [1.165, 1.54) is 0 Å². The molecule has 0 aliphatic heterocycles. The Morgan fingerprint density at radius 3 is 2.12 bits per heavy atom. The average molecular weight is 678 g/mol. The molecule has 0 saturated heterocycles. The Labute approximate surface area is 303 Å². The van der Waals surface area contributed by atoms with Crippen molar-refractivity contribution in [3.8, 4) is 45.3 Å². The smallest absolute Gasteiger partial charge is 0.164 e. The lowest BCUT2D eigenvalue weighted by atomic mass is 10.00. The number of thiophene rings is 1. The summed E-state index contributed by atoms with van der Waals surface area (Å²) in [4.78, 5) is 14.4. The number of aromatic nitrogens is 3. The van der Waals surface area contributed by atoms with Gasteiger partial charge in [-0.2, -0.15) is 0 Å². The highest BCUT2D eigenvalue weighted by atomic mass is 32.1. The molecule has 0 radical (unpaired) electrons. The van der Waals surface area contributed by atoms with Gasteiger partial charge in [0, 0.05) is 69.5 Å². The fourth-order valence-electron chi connectivity index (χ4n) is 6.86. The molecular formula is C45H25N3O2S. The van der Waals surface area contributed by atoms with Crippen LogP contribution in [-0.2, 0) is 0 Å². The van der Waals surface area contributed by atoms with Crippen LogP contribution in [0, 0.1) is 0 Å². The number of para-hydroxylation sites is 2. The number of furan rings is 2. The summed E-state index contributed by atoms with van der Waals surface area (Å²) in [6, 6.07) is 34.9. The SMILES string of the molecule is [2H]c1c([2H])c([2H])c2c(oc3c([2H])c(-c4nc(-c5ccccc5)nc(-c5ccc6c(c5)oc5ccccc56)n4)c([2H])c([2H])c32)c1-c1cccc2c1sc1ccccc12. The van der Waals surface area contributed by atoms with Crippen LogP contribution >= 0.6 is 11.3 Å². The number of hydrogen-bond acceptors (Lipinski definition) is 6. The maximum atomic E-state index is 9.56. The summed E-state index contributed by atoms with van der Waals surface area (Å²) in [6.45, 7) is 0. The van der Waals surface area contributed by atoms with Crippen LogP contribution in [0.5, 0.6) is 0 Å². The first kappa shape index (κ1) is 22.9. The summed E-state index contributed by atoms with van der Waals surface area (Å²) in [5.41, 5.74) is 3.66. The maximum absolute atomic E-state index is 9.56. The van der Waals surface area contributed by atoms with E-state index in [2.05, 4.69) is 0 Å². The Bertz CT molecular complexity index is 3510. The minimum atomic E-state index is -0.340. The van der Waals surface area contributed by atoms with E-state index in [-0.39, 0.29) is 75.4 Å². The van der Waals surface area contributed by atoms with Crippen LogP contribution in [0.3, 0.4) is 0 Å². The van der Waals surface area contributed by atoms with Crippen LogP contribution in [-0.4, -0.2) is 15.0 Å². The van der Waals surface area contributed by atoms with Crippen LogP contribution in [0.25, 0.3) is 109 Å². The number of rotatable bonds is 4. The molecule has 0 aliphatic rings. The first-order chi connectivity index (χ1) is 27.8. The van der Waals surface area contributed by atoms with E-state index < -0.39 is 0 Å². The zero-order chi connectivity index (χ0) is 38.7. The quantitative estimate of drug-likeness (QED) is 0.185. The predicted octanol–water partition coefficient (Wildman–Crippen LogP) is 12.7. The van der Waals surface area contributed by atoms with E-state index in [4.69, 9.17) is 27.9 Å². The lowest BCUT2D eigenvalue weighted by Gasteiger charge is -2.08. The van der Waals surface area contributed by atoms with Crippen molar-refractivity contribution in [3.05, 3.63) is 152 Å². The Morgan fingerprint density at radius 2 is 1.22 bits per heavy atom. The Kier molecular flexibility index (Phi) is 4.91. The molecule has 11 aromatic rings. The first-order valence-corrected chi connectivity index (χ1v) is 17.2. The average Bonchev–Trinajstić information content (AvgIpc) is 3.95. The third-order valence-electron chi connectivity index (χ3n) is 9.26. The molecule has 4 aromatic heterocycles. The Morgan fingerprint density at radius 1 is 0.471 bits per heavy atom. The number of benzene rings is 7. The number of nitrogens with zero attached hydrogens (tertiary/aromatic N) is 3. The van der Waals surface area contributed by atoms with Crippen molar-refractivity contribution >= 4 is 75.4 Å². The molecule has 238 valence electrons. The van der Waals surface area contributed by atoms with Gasteiger partial charge in [0.2, 0.25) is 0 Å². The topological polar surface area (TPSA) is 65.0 Å². The van der Waals surface area contributed by atoms with E-state index in [9.17, 15) is 4.11 Å². The lowest BCUT2D eigenvalue weighted by Crippen LogP contribution is -2.00. The summed E-state index contributed by atoms with van der Waals surface area (Å²) < 4.78 is 69.9. The highest BCUT2D eigenvalue weighted by Gasteiger charge is 2.19. The second-order valence-electron chi connectivity index (χ2n) is 12.3. The van der Waals surface area contributed by atoms with E-state index in [0.717, 1.165) is 36.5 Å². The van der Waals surface area contributed by atoms with Gasteiger partial charge in [0.15, 0.2) is 17.5 Å². The van der Waals surface area contributed by atoms with E-state index in [1.807, 2.05) is 115 Å². The Hall–Kier alpha value is -6.63. The molecule has 0 bridgehead atoms. The maximum Gasteiger partial charge on any atom is 0.164 e. The van der Waals surface area contributed by atoms with E-state index in [0.29, 0.717) is 33.7 Å². The molecule has 0 saturated carbocycles. The van der Waals surface area contributed by atoms with Crippen molar-refractivity contribution in [2.45, 2.75) is 0 Å². The molecule has 0 unspecified atom stereocenters. The molecule has 6 heteroatoms. The van der Waals surface area contributed by atoms with Gasteiger partial charge in [-0.3, -0.25) is 0 Å². The van der Waals surface area contributed by atoms with E-state index in [1.54, 1.807) is 11.3 Å². The normalized spacial score (nSPS) is 13.6. The van der Waals surface area contributed by atoms with Gasteiger partial charge < -0.3 is 8.83 Å². The molecule has 0 aliphatic carbocycles. The summed E-state index contributed by atoms with van der Waals surface area (Å²) in [6.07, 6.45) is 0. The van der Waals surface area contributed by atoms with Crippen LogP contribution < -0.4 is 0 Å². The molecule has 0 fully saturated rings. The molecule has 0 atom stereocenters. The summed E-state index contributed by atoms with van der Waals surface area (Å²) in [5.74, 6) is 0.583. The van der Waals surface area contributed by atoms with Gasteiger partial charge in [-0.25, -0.2) is 15.0 Å². The van der Waals surface area contributed by atoms with Crippen molar-refractivity contribution < 1.29 is 17.1 Å². The van der Waals surface area contributed by atoms with Crippen molar-refractivity contribution in [1.29, 1.82) is 0 Å². The summed E-state index contributed by atoms with van der Waals surface area (Å²) in [5, 5.41) is 4.12. The zero-order valence-electron chi connectivity index (χ0n) is 32.5. The van der Waals surface area contributed by atoms with Gasteiger partial charge in [-0.05, 0) is 36.4 Å². The van der Waals surface area contributed by atoms with Gasteiger partial charge in [-0.15, -0.1) is 11.3 Å². The largest absolute Gasteiger partial charge is 0.456 e. The fraction of sp³-hybridized carbons (Fsp3) is 0. The summed E-state index contributed by atoms with van der Waals surface area (Å²) in [7, 11) is 0. The van der Waals surface area contributed by atoms with Crippen molar-refractivity contribution in [2.24, 2.45) is 0 Å². The number of hydrogen-bond donors (Lipinski definition) is 0. The second-order valence-corrected chi connectivity index (χ2v) is 13.3. The zero-order valence-corrected chi connectivity index (χ0v) is 27.4. The molecule has 51 heavy (non-hydrogen) atoms. The van der Waals surface area contributed by atoms with Crippen molar-refractivity contribution in [1.82, 2.24) is 15.0 Å². The highest BCUT2D eigenvalue weighted by molar-refractivity contribution is 7.26. The van der Waals surface area contributed by atoms with Gasteiger partial charge >= 0.3 is 0 Å². The minimum Gasteiger partial charge on any atom is -0.456 e. The van der Waals surface area contributed by atoms with Gasteiger partial charge in [-0.1, -0.05) is 115 Å². The Balaban J connectivity index is 1.17. The minimum absolute atomic E-state index is 0.00172. The monoisotopic (exact) mass is 677 g/mol. The molecule has 5 nitrogen and oxygen atoms in total. The van der Waals surface area contributed by atoms with Gasteiger partial charge in [0.25, 0.3) is 0 Å². The first-order valence-electron chi connectivity index (χ1n) is 19.4. The third kappa shape index (κ3) is 4.43. The molecule has 0 N–H and O–H groups in total. The molecule has 7 aromatic carbocycles. The van der Waals surface area contributed by atoms with Crippen LogP contribution in [0.15, 0.2) is 160 Å². The molecule has 0 amide bonds. The van der Waals surface area contributed by atoms with E-state index >= 15 is 0 Å². The van der Waals surface area contributed by atoms with Crippen LogP contribution in [0.1, 0.15) is 8.22 Å². The lowest BCUT2D eigenvalue weighted by molar-refractivity contribution is 0.669. The highest BCUT2D eigenvalue weighted by Crippen LogP contribution is 2.44. The third-order valence-corrected chi connectivity index (χ3v) is 10.5. The summed E-state index contributed by atoms with van der Waals surface area (Å²) >= 11 is 1.56.